The van der Waals surface area contributed by atoms with Gasteiger partial charge in [0.1, 0.15) is 11.8 Å². The number of amides is 2. The molecule has 168 valence electrons. The number of hydrogen-bond donors (Lipinski definition) is 2. The molecule has 1 aliphatic heterocycles. The van der Waals surface area contributed by atoms with Gasteiger partial charge in [-0.25, -0.2) is 0 Å². The van der Waals surface area contributed by atoms with Crippen molar-refractivity contribution in [2.75, 3.05) is 18.4 Å². The summed E-state index contributed by atoms with van der Waals surface area (Å²) < 4.78 is 5.91. The van der Waals surface area contributed by atoms with E-state index in [-0.39, 0.29) is 23.7 Å². The summed E-state index contributed by atoms with van der Waals surface area (Å²) in [6.07, 6.45) is 1.09. The number of nitrogens with two attached hydrogens (primary N) is 1. The number of anilines is 1. The maximum Gasteiger partial charge on any atom is 0.265 e. The van der Waals surface area contributed by atoms with Gasteiger partial charge < -0.3 is 15.8 Å². The molecule has 1 aliphatic rings. The summed E-state index contributed by atoms with van der Waals surface area (Å²) in [5, 5.41) is 12.2. The second-order valence-electron chi connectivity index (χ2n) is 8.55. The summed E-state index contributed by atoms with van der Waals surface area (Å²) in [4.78, 5) is 26.6. The molecule has 2 aromatic carbocycles. The van der Waals surface area contributed by atoms with Crippen LogP contribution in [0.2, 0.25) is 0 Å². The highest BCUT2D eigenvalue weighted by atomic mass is 16.5. The predicted molar refractivity (Wildman–Crippen MR) is 123 cm³/mol. The summed E-state index contributed by atoms with van der Waals surface area (Å²) in [5.74, 6) is -0.261. The van der Waals surface area contributed by atoms with Crippen molar-refractivity contribution in [3.8, 4) is 11.8 Å². The van der Waals surface area contributed by atoms with Crippen molar-refractivity contribution in [3.63, 3.8) is 0 Å². The monoisotopic (exact) mass is 434 g/mol. The fraction of sp³-hybridized carbons (Fsp3) is 0.400. The van der Waals surface area contributed by atoms with E-state index in [4.69, 9.17) is 10.5 Å². The van der Waals surface area contributed by atoms with Crippen molar-refractivity contribution < 1.29 is 14.3 Å². The van der Waals surface area contributed by atoms with Gasteiger partial charge in [0.15, 0.2) is 6.10 Å². The Bertz CT molecular complexity index is 981. The molecule has 7 heteroatoms. The van der Waals surface area contributed by atoms with Crippen LogP contribution < -0.4 is 15.8 Å². The fourth-order valence-electron chi connectivity index (χ4n) is 3.89. The van der Waals surface area contributed by atoms with Gasteiger partial charge in [-0.3, -0.25) is 14.5 Å². The zero-order valence-electron chi connectivity index (χ0n) is 18.6. The second kappa shape index (κ2) is 10.8. The molecular weight excluding hydrogens is 404 g/mol. The molecule has 0 radical (unpaired) electrons. The van der Waals surface area contributed by atoms with E-state index in [1.165, 1.54) is 0 Å². The highest BCUT2D eigenvalue weighted by Gasteiger charge is 2.26. The van der Waals surface area contributed by atoms with E-state index >= 15 is 0 Å². The Hall–Kier alpha value is -3.37. The van der Waals surface area contributed by atoms with Crippen molar-refractivity contribution in [1.82, 2.24) is 4.90 Å². The van der Waals surface area contributed by atoms with Gasteiger partial charge in [0.25, 0.3) is 5.91 Å². The number of nitriles is 1. The van der Waals surface area contributed by atoms with E-state index in [2.05, 4.69) is 16.3 Å². The Morgan fingerprint density at radius 3 is 2.59 bits per heavy atom. The first-order chi connectivity index (χ1) is 15.4. The smallest absolute Gasteiger partial charge is 0.265 e. The zero-order valence-corrected chi connectivity index (χ0v) is 18.6. The molecule has 2 unspecified atom stereocenters. The van der Waals surface area contributed by atoms with Gasteiger partial charge in [0.05, 0.1) is 11.5 Å². The summed E-state index contributed by atoms with van der Waals surface area (Å²) in [6, 6.07) is 16.7. The van der Waals surface area contributed by atoms with Gasteiger partial charge in [-0.1, -0.05) is 38.1 Å². The van der Waals surface area contributed by atoms with E-state index in [9.17, 15) is 14.9 Å². The molecule has 2 atom stereocenters. The van der Waals surface area contributed by atoms with E-state index in [0.717, 1.165) is 31.5 Å². The van der Waals surface area contributed by atoms with Gasteiger partial charge in [-0.05, 0) is 55.1 Å². The maximum absolute atomic E-state index is 12.9. The summed E-state index contributed by atoms with van der Waals surface area (Å²) >= 11 is 0. The predicted octanol–water partition coefficient (Wildman–Crippen LogP) is 3.30. The molecule has 2 amide bonds. The topological polar surface area (TPSA) is 108 Å². The van der Waals surface area contributed by atoms with Gasteiger partial charge in [-0.15, -0.1) is 0 Å². The average molecular weight is 435 g/mol. The molecule has 7 nitrogen and oxygen atoms in total. The molecule has 0 aromatic heterocycles. The molecule has 0 aliphatic carbocycles. The lowest BCUT2D eigenvalue weighted by Crippen LogP contribution is -2.40. The Balaban J connectivity index is 1.61. The number of piperidine rings is 1. The third-order valence-electron chi connectivity index (χ3n) is 5.66. The summed E-state index contributed by atoms with van der Waals surface area (Å²) in [5.41, 5.74) is 7.64. The molecule has 3 rings (SSSR count). The number of likely N-dealkylation sites (tertiary alicyclic amines) is 1. The number of para-hydroxylation sites is 1. The second-order valence-corrected chi connectivity index (χ2v) is 8.55. The van der Waals surface area contributed by atoms with Gasteiger partial charge in [0.2, 0.25) is 5.91 Å². The number of benzene rings is 2. The van der Waals surface area contributed by atoms with Crippen LogP contribution in [0.4, 0.5) is 5.69 Å². The Morgan fingerprint density at radius 1 is 1.22 bits per heavy atom. The zero-order chi connectivity index (χ0) is 23.1. The molecular formula is C25H30N4O3. The SMILES string of the molecule is CC(C)C(Oc1ccccc1C#N)C(=O)Nc1ccc(CN2CCCC(C(N)=O)C2)cc1. The lowest BCUT2D eigenvalue weighted by Gasteiger charge is -2.31. The Morgan fingerprint density at radius 2 is 1.94 bits per heavy atom. The van der Waals surface area contributed by atoms with E-state index < -0.39 is 6.10 Å². The largest absolute Gasteiger partial charge is 0.479 e. The van der Waals surface area contributed by atoms with Crippen molar-refractivity contribution in [2.24, 2.45) is 17.6 Å². The molecule has 0 saturated carbocycles. The number of ether oxygens (including phenoxy) is 1. The molecule has 1 fully saturated rings. The molecule has 2 aromatic rings. The van der Waals surface area contributed by atoms with Crippen LogP contribution in [-0.4, -0.2) is 35.9 Å². The van der Waals surface area contributed by atoms with Gasteiger partial charge in [-0.2, -0.15) is 5.26 Å². The van der Waals surface area contributed by atoms with Crippen molar-refractivity contribution in [2.45, 2.75) is 39.3 Å². The van der Waals surface area contributed by atoms with Crippen LogP contribution in [-0.2, 0) is 16.1 Å². The normalized spacial score (nSPS) is 17.4. The van der Waals surface area contributed by atoms with Crippen LogP contribution in [0.15, 0.2) is 48.5 Å². The van der Waals surface area contributed by atoms with Crippen LogP contribution in [0.25, 0.3) is 0 Å². The van der Waals surface area contributed by atoms with E-state index in [1.807, 2.05) is 38.1 Å². The van der Waals surface area contributed by atoms with E-state index in [0.29, 0.717) is 23.5 Å². The van der Waals surface area contributed by atoms with Crippen LogP contribution in [0.1, 0.15) is 37.8 Å². The minimum absolute atomic E-state index is 0.0820. The number of nitrogens with zero attached hydrogens (tertiary/aromatic N) is 2. The maximum atomic E-state index is 12.9. The minimum Gasteiger partial charge on any atom is -0.479 e. The molecule has 1 heterocycles. The summed E-state index contributed by atoms with van der Waals surface area (Å²) in [6.45, 7) is 6.17. The standard InChI is InChI=1S/C25H30N4O3/c1-17(2)23(32-22-8-4-3-6-19(22)14-26)25(31)28-21-11-9-18(10-12-21)15-29-13-5-7-20(16-29)24(27)30/h3-4,6,8-12,17,20,23H,5,7,13,15-16H2,1-2H3,(H2,27,30)(H,28,31). The molecule has 32 heavy (non-hydrogen) atoms. The van der Waals surface area contributed by atoms with Crippen LogP contribution in [0, 0.1) is 23.2 Å². The van der Waals surface area contributed by atoms with Crippen LogP contribution in [0.5, 0.6) is 5.75 Å². The number of carbonyl (C=O) groups excluding carboxylic acids is 2. The van der Waals surface area contributed by atoms with Crippen LogP contribution in [0.3, 0.4) is 0 Å². The van der Waals surface area contributed by atoms with Crippen molar-refractivity contribution in [3.05, 3.63) is 59.7 Å². The van der Waals surface area contributed by atoms with Crippen molar-refractivity contribution in [1.29, 1.82) is 5.26 Å². The molecule has 3 N–H and O–H groups in total. The molecule has 0 spiro atoms. The first kappa shape index (κ1) is 23.3. The van der Waals surface area contributed by atoms with E-state index in [1.54, 1.807) is 24.3 Å². The first-order valence-corrected chi connectivity index (χ1v) is 10.9. The average Bonchev–Trinajstić information content (AvgIpc) is 2.79. The highest BCUT2D eigenvalue weighted by Crippen LogP contribution is 2.22. The Kier molecular flexibility index (Phi) is 7.85. The summed E-state index contributed by atoms with van der Waals surface area (Å²) in [7, 11) is 0. The Labute approximate surface area is 189 Å². The lowest BCUT2D eigenvalue weighted by molar-refractivity contribution is -0.124. The van der Waals surface area contributed by atoms with Crippen molar-refractivity contribution >= 4 is 17.5 Å². The number of primary amides is 1. The highest BCUT2D eigenvalue weighted by molar-refractivity contribution is 5.94. The number of hydrogen-bond acceptors (Lipinski definition) is 5. The minimum atomic E-state index is -0.733. The number of carbonyl (C=O) groups is 2. The third kappa shape index (κ3) is 6.08. The van der Waals surface area contributed by atoms with Gasteiger partial charge in [0, 0.05) is 18.8 Å². The third-order valence-corrected chi connectivity index (χ3v) is 5.66. The number of nitrogens with one attached hydrogen (secondary N) is 1. The lowest BCUT2D eigenvalue weighted by atomic mass is 9.97. The quantitative estimate of drug-likeness (QED) is 0.663. The van der Waals surface area contributed by atoms with Gasteiger partial charge >= 0.3 is 0 Å². The fourth-order valence-corrected chi connectivity index (χ4v) is 3.89. The molecule has 1 saturated heterocycles. The molecule has 0 bridgehead atoms. The van der Waals surface area contributed by atoms with Crippen LogP contribution >= 0.6 is 0 Å². The first-order valence-electron chi connectivity index (χ1n) is 10.9. The number of rotatable bonds is 8.